The highest BCUT2D eigenvalue weighted by Crippen LogP contribution is 2.24. The number of aliphatic hydroxyl groups is 1. The molecule has 6 nitrogen and oxygen atoms in total. The average molecular weight is 443 g/mol. The summed E-state index contributed by atoms with van der Waals surface area (Å²) in [6, 6.07) is 3.57. The number of carbonyl (C=O) groups excluding carboxylic acids is 1. The number of halogens is 2. The molecule has 4 N–H and O–H groups in total. The lowest BCUT2D eigenvalue weighted by atomic mass is 10.2. The summed E-state index contributed by atoms with van der Waals surface area (Å²) < 4.78 is 1.70. The first kappa shape index (κ1) is 16.2. The molecule has 1 unspecified atom stereocenters. The van der Waals surface area contributed by atoms with Crippen LogP contribution in [-0.4, -0.2) is 34.9 Å². The van der Waals surface area contributed by atoms with E-state index in [0.29, 0.717) is 10.2 Å². The summed E-state index contributed by atoms with van der Waals surface area (Å²) in [4.78, 5) is 22.5. The predicted molar refractivity (Wildman–Crippen MR) is 82.1 cm³/mol. The van der Waals surface area contributed by atoms with Gasteiger partial charge in [-0.25, -0.2) is 9.59 Å². The third-order valence-electron chi connectivity index (χ3n) is 2.20. The molecule has 1 rings (SSSR count). The fourth-order valence-electron chi connectivity index (χ4n) is 1.29. The Hall–Kier alpha value is -0.870. The molecule has 0 spiro atoms. The van der Waals surface area contributed by atoms with Crippen molar-refractivity contribution in [3.05, 3.63) is 26.2 Å². The average Bonchev–Trinajstić information content (AvgIpc) is 2.32. The van der Waals surface area contributed by atoms with Crippen molar-refractivity contribution in [3.8, 4) is 0 Å². The van der Waals surface area contributed by atoms with Crippen molar-refractivity contribution in [2.24, 2.45) is 0 Å². The Bertz CT molecular complexity index is 484. The van der Waals surface area contributed by atoms with Gasteiger partial charge in [0.1, 0.15) is 6.04 Å². The van der Waals surface area contributed by atoms with Gasteiger partial charge in [0.15, 0.2) is 0 Å². The number of carbonyl (C=O) groups is 2. The lowest BCUT2D eigenvalue weighted by Crippen LogP contribution is -2.43. The first-order valence-corrected chi connectivity index (χ1v) is 7.17. The molecule has 1 atom stereocenters. The van der Waals surface area contributed by atoms with Gasteiger partial charge in [0.25, 0.3) is 0 Å². The van der Waals surface area contributed by atoms with Crippen LogP contribution in [-0.2, 0) is 4.79 Å². The van der Waals surface area contributed by atoms with Crippen LogP contribution in [0, 0.1) is 3.57 Å². The summed E-state index contributed by atoms with van der Waals surface area (Å²) >= 11 is 5.43. The highest BCUT2D eigenvalue weighted by atomic mass is 127. The number of rotatable bonds is 5. The van der Waals surface area contributed by atoms with Crippen LogP contribution in [0.4, 0.5) is 10.5 Å². The Morgan fingerprint density at radius 2 is 2.11 bits per heavy atom. The fourth-order valence-corrected chi connectivity index (χ4v) is 2.69. The summed E-state index contributed by atoms with van der Waals surface area (Å²) in [7, 11) is 0. The topological polar surface area (TPSA) is 98.7 Å². The van der Waals surface area contributed by atoms with Crippen molar-refractivity contribution in [3.63, 3.8) is 0 Å². The molecule has 0 aliphatic carbocycles. The molecule has 0 fully saturated rings. The van der Waals surface area contributed by atoms with E-state index in [4.69, 9.17) is 10.2 Å². The first-order chi connectivity index (χ1) is 8.93. The zero-order valence-corrected chi connectivity index (χ0v) is 13.4. The maximum atomic E-state index is 11.6. The number of aliphatic carboxylic acids is 1. The van der Waals surface area contributed by atoms with E-state index >= 15 is 0 Å². The van der Waals surface area contributed by atoms with Gasteiger partial charge in [0.05, 0.1) is 5.69 Å². The van der Waals surface area contributed by atoms with Gasteiger partial charge in [-0.3, -0.25) is 0 Å². The van der Waals surface area contributed by atoms with Crippen LogP contribution >= 0.6 is 38.5 Å². The van der Waals surface area contributed by atoms with E-state index in [-0.39, 0.29) is 13.0 Å². The van der Waals surface area contributed by atoms with Gasteiger partial charge in [-0.2, -0.15) is 0 Å². The molecule has 0 heterocycles. The van der Waals surface area contributed by atoms with Crippen molar-refractivity contribution in [2.45, 2.75) is 12.5 Å². The summed E-state index contributed by atoms with van der Waals surface area (Å²) in [6.45, 7) is -0.315. The number of amides is 2. The molecule has 1 aromatic carbocycles. The molecule has 0 saturated heterocycles. The standard InChI is InChI=1S/C11H12BrIN2O4/c12-7-5-6(13)1-2-8(7)14-11(19)15-9(3-4-16)10(17)18/h1-2,5,9,16H,3-4H2,(H,17,18)(H2,14,15,19). The number of hydrogen-bond acceptors (Lipinski definition) is 3. The van der Waals surface area contributed by atoms with Crippen molar-refractivity contribution in [1.82, 2.24) is 5.32 Å². The number of nitrogens with one attached hydrogen (secondary N) is 2. The zero-order valence-electron chi connectivity index (χ0n) is 9.69. The van der Waals surface area contributed by atoms with E-state index in [1.807, 2.05) is 12.1 Å². The van der Waals surface area contributed by atoms with E-state index in [0.717, 1.165) is 3.57 Å². The maximum absolute atomic E-state index is 11.6. The van der Waals surface area contributed by atoms with Crippen molar-refractivity contribution >= 4 is 56.2 Å². The molecule has 8 heteroatoms. The Kier molecular flexibility index (Phi) is 6.52. The minimum Gasteiger partial charge on any atom is -0.480 e. The normalized spacial score (nSPS) is 11.7. The number of aliphatic hydroxyl groups excluding tert-OH is 1. The molecule has 0 aliphatic heterocycles. The molecule has 0 aromatic heterocycles. The second kappa shape index (κ2) is 7.65. The Morgan fingerprint density at radius 1 is 1.42 bits per heavy atom. The van der Waals surface area contributed by atoms with E-state index in [9.17, 15) is 9.59 Å². The van der Waals surface area contributed by atoms with Gasteiger partial charge in [-0.05, 0) is 56.7 Å². The van der Waals surface area contributed by atoms with Crippen LogP contribution in [0.5, 0.6) is 0 Å². The Morgan fingerprint density at radius 3 is 2.63 bits per heavy atom. The Labute approximate surface area is 131 Å². The molecular weight excluding hydrogens is 431 g/mol. The van der Waals surface area contributed by atoms with Crippen LogP contribution in [0.1, 0.15) is 6.42 Å². The highest BCUT2D eigenvalue weighted by Gasteiger charge is 2.19. The van der Waals surface area contributed by atoms with Crippen LogP contribution in [0.15, 0.2) is 22.7 Å². The van der Waals surface area contributed by atoms with Crippen molar-refractivity contribution in [2.75, 3.05) is 11.9 Å². The van der Waals surface area contributed by atoms with E-state index in [1.165, 1.54) is 0 Å². The molecule has 104 valence electrons. The SMILES string of the molecule is O=C(Nc1ccc(I)cc1Br)NC(CCO)C(=O)O. The molecule has 0 aliphatic rings. The molecule has 2 amide bonds. The fraction of sp³-hybridized carbons (Fsp3) is 0.273. The largest absolute Gasteiger partial charge is 0.480 e. The number of urea groups is 1. The van der Waals surface area contributed by atoms with Gasteiger partial charge < -0.3 is 20.8 Å². The number of carboxylic acids is 1. The molecular formula is C11H12BrIN2O4. The minimum absolute atomic E-state index is 0.0450. The molecule has 19 heavy (non-hydrogen) atoms. The van der Waals surface area contributed by atoms with E-state index in [2.05, 4.69) is 49.2 Å². The monoisotopic (exact) mass is 442 g/mol. The van der Waals surface area contributed by atoms with E-state index < -0.39 is 18.0 Å². The van der Waals surface area contributed by atoms with Crippen molar-refractivity contribution < 1.29 is 19.8 Å². The van der Waals surface area contributed by atoms with Crippen LogP contribution in [0.25, 0.3) is 0 Å². The lowest BCUT2D eigenvalue weighted by Gasteiger charge is -2.14. The second-order valence-corrected chi connectivity index (χ2v) is 5.73. The highest BCUT2D eigenvalue weighted by molar-refractivity contribution is 14.1. The van der Waals surface area contributed by atoms with Gasteiger partial charge in [0, 0.05) is 21.1 Å². The predicted octanol–water partition coefficient (Wildman–Crippen LogP) is 2.01. The third-order valence-corrected chi connectivity index (χ3v) is 3.53. The summed E-state index contributed by atoms with van der Waals surface area (Å²) in [5, 5.41) is 22.4. The van der Waals surface area contributed by atoms with Crippen LogP contribution in [0.2, 0.25) is 0 Å². The minimum atomic E-state index is -1.19. The van der Waals surface area contributed by atoms with Gasteiger partial charge in [-0.1, -0.05) is 0 Å². The number of benzene rings is 1. The molecule has 0 bridgehead atoms. The summed E-state index contributed by atoms with van der Waals surface area (Å²) in [5.41, 5.74) is 0.533. The molecule has 1 aromatic rings. The molecule has 0 radical (unpaired) electrons. The first-order valence-electron chi connectivity index (χ1n) is 5.30. The van der Waals surface area contributed by atoms with Gasteiger partial charge >= 0.3 is 12.0 Å². The maximum Gasteiger partial charge on any atom is 0.326 e. The smallest absolute Gasteiger partial charge is 0.326 e. The van der Waals surface area contributed by atoms with Crippen LogP contribution in [0.3, 0.4) is 0 Å². The number of anilines is 1. The quantitative estimate of drug-likeness (QED) is 0.524. The second-order valence-electron chi connectivity index (χ2n) is 3.63. The number of carboxylic acid groups (broad SMARTS) is 1. The van der Waals surface area contributed by atoms with Gasteiger partial charge in [-0.15, -0.1) is 0 Å². The lowest BCUT2D eigenvalue weighted by molar-refractivity contribution is -0.139. The third kappa shape index (κ3) is 5.33. The summed E-state index contributed by atoms with van der Waals surface area (Å²) in [6.07, 6.45) is -0.0450. The van der Waals surface area contributed by atoms with Crippen molar-refractivity contribution in [1.29, 1.82) is 0 Å². The number of hydrogen-bond donors (Lipinski definition) is 4. The van der Waals surface area contributed by atoms with E-state index in [1.54, 1.807) is 6.07 Å². The zero-order chi connectivity index (χ0) is 14.4. The van der Waals surface area contributed by atoms with Gasteiger partial charge in [0.2, 0.25) is 0 Å². The molecule has 0 saturated carbocycles. The van der Waals surface area contributed by atoms with Crippen LogP contribution < -0.4 is 10.6 Å². The Balaban J connectivity index is 2.66. The summed E-state index contributed by atoms with van der Waals surface area (Å²) in [5.74, 6) is -1.19.